The minimum absolute atomic E-state index is 0.0920. The van der Waals surface area contributed by atoms with Crippen LogP contribution in [0.15, 0.2) is 29.2 Å². The van der Waals surface area contributed by atoms with Gasteiger partial charge < -0.3 is 5.73 Å². The molecule has 0 unspecified atom stereocenters. The molecule has 4 nitrogen and oxygen atoms in total. The van der Waals surface area contributed by atoms with Crippen LogP contribution in [0.2, 0.25) is 0 Å². The van der Waals surface area contributed by atoms with Gasteiger partial charge in [-0.25, -0.2) is 0 Å². The topological polar surface area (TPSA) is 69.4 Å². The largest absolute Gasteiger partial charge is 0.399 e. The van der Waals surface area contributed by atoms with Gasteiger partial charge in [0.25, 0.3) is 10.1 Å². The summed E-state index contributed by atoms with van der Waals surface area (Å²) in [6, 6.07) is 6.00. The van der Waals surface area contributed by atoms with Gasteiger partial charge in [-0.2, -0.15) is 8.42 Å². The van der Waals surface area contributed by atoms with Crippen LogP contribution >= 0.6 is 0 Å². The molecule has 2 N–H and O–H groups in total. The Hall–Kier alpha value is -1.07. The fourth-order valence-corrected chi connectivity index (χ4v) is 1.87. The van der Waals surface area contributed by atoms with Crippen LogP contribution in [-0.4, -0.2) is 15.0 Å². The Balaban J connectivity index is 3.08. The first-order valence-electron chi connectivity index (χ1n) is 3.81. The summed E-state index contributed by atoms with van der Waals surface area (Å²) in [5.41, 5.74) is 5.83. The molecular weight excluding hydrogens is 190 g/mol. The fraction of sp³-hybridized carbons (Fsp3) is 0.250. The van der Waals surface area contributed by atoms with Crippen molar-refractivity contribution in [2.24, 2.45) is 0 Å². The minimum Gasteiger partial charge on any atom is -0.399 e. The van der Waals surface area contributed by atoms with Crippen LogP contribution in [0, 0.1) is 0 Å². The van der Waals surface area contributed by atoms with Crippen molar-refractivity contribution in [1.29, 1.82) is 0 Å². The number of hydrogen-bond acceptors (Lipinski definition) is 4. The Bertz CT molecular complexity index is 386. The second-order valence-corrected chi connectivity index (χ2v) is 4.05. The van der Waals surface area contributed by atoms with Crippen molar-refractivity contribution in [3.63, 3.8) is 0 Å². The predicted octanol–water partition coefficient (Wildman–Crippen LogP) is 0.994. The van der Waals surface area contributed by atoms with E-state index in [9.17, 15) is 8.42 Å². The van der Waals surface area contributed by atoms with Gasteiger partial charge >= 0.3 is 0 Å². The summed E-state index contributed by atoms with van der Waals surface area (Å²) in [5, 5.41) is 0. The first-order chi connectivity index (χ1) is 6.06. The van der Waals surface area contributed by atoms with E-state index in [0.29, 0.717) is 5.69 Å². The third-order valence-corrected chi connectivity index (χ3v) is 2.80. The minimum atomic E-state index is -3.61. The van der Waals surface area contributed by atoms with E-state index in [1.165, 1.54) is 12.1 Å². The Morgan fingerprint density at radius 2 is 2.15 bits per heavy atom. The molecule has 0 heterocycles. The third kappa shape index (κ3) is 2.43. The molecule has 1 rings (SSSR count). The van der Waals surface area contributed by atoms with Gasteiger partial charge in [-0.1, -0.05) is 6.07 Å². The van der Waals surface area contributed by atoms with Crippen LogP contribution in [0.5, 0.6) is 0 Å². The highest BCUT2D eigenvalue weighted by Gasteiger charge is 2.13. The van der Waals surface area contributed by atoms with Gasteiger partial charge in [0.15, 0.2) is 0 Å². The van der Waals surface area contributed by atoms with Gasteiger partial charge in [0.05, 0.1) is 11.5 Å². The Kier molecular flexibility index (Phi) is 2.90. The average molecular weight is 201 g/mol. The van der Waals surface area contributed by atoms with E-state index in [1.54, 1.807) is 19.1 Å². The number of nitrogen functional groups attached to an aromatic ring is 1. The third-order valence-electron chi connectivity index (χ3n) is 1.42. The molecule has 0 saturated heterocycles. The van der Waals surface area contributed by atoms with Crippen LogP contribution in [0.25, 0.3) is 0 Å². The maximum absolute atomic E-state index is 11.3. The number of benzene rings is 1. The summed E-state index contributed by atoms with van der Waals surface area (Å²) in [7, 11) is -3.61. The van der Waals surface area contributed by atoms with E-state index >= 15 is 0 Å². The van der Waals surface area contributed by atoms with Gasteiger partial charge in [0.2, 0.25) is 0 Å². The van der Waals surface area contributed by atoms with Gasteiger partial charge in [-0.05, 0) is 25.1 Å². The fourth-order valence-electron chi connectivity index (χ4n) is 0.893. The highest BCUT2D eigenvalue weighted by atomic mass is 32.2. The molecular formula is C8H11NO3S. The molecule has 1 aromatic rings. The number of nitrogens with two attached hydrogens (primary N) is 1. The summed E-state index contributed by atoms with van der Waals surface area (Å²) < 4.78 is 27.2. The zero-order valence-corrected chi connectivity index (χ0v) is 8.04. The lowest BCUT2D eigenvalue weighted by Gasteiger charge is -2.03. The zero-order valence-electron chi connectivity index (χ0n) is 7.23. The van der Waals surface area contributed by atoms with Crippen molar-refractivity contribution >= 4 is 15.8 Å². The summed E-state index contributed by atoms with van der Waals surface area (Å²) >= 11 is 0. The summed E-state index contributed by atoms with van der Waals surface area (Å²) in [6.45, 7) is 1.74. The van der Waals surface area contributed by atoms with E-state index < -0.39 is 10.1 Å². The molecule has 0 aliphatic carbocycles. The lowest BCUT2D eigenvalue weighted by atomic mass is 10.3. The maximum Gasteiger partial charge on any atom is 0.297 e. The van der Waals surface area contributed by atoms with Crippen molar-refractivity contribution < 1.29 is 12.6 Å². The van der Waals surface area contributed by atoms with Crippen molar-refractivity contribution in [3.8, 4) is 0 Å². The maximum atomic E-state index is 11.3. The molecule has 0 fully saturated rings. The molecule has 0 bridgehead atoms. The Morgan fingerprint density at radius 3 is 2.69 bits per heavy atom. The van der Waals surface area contributed by atoms with E-state index in [0.717, 1.165) is 0 Å². The molecule has 0 aliphatic rings. The monoisotopic (exact) mass is 201 g/mol. The van der Waals surface area contributed by atoms with E-state index in [4.69, 9.17) is 5.73 Å². The molecule has 0 aliphatic heterocycles. The van der Waals surface area contributed by atoms with Crippen molar-refractivity contribution in [1.82, 2.24) is 0 Å². The molecule has 0 spiro atoms. The van der Waals surface area contributed by atoms with Gasteiger partial charge in [-0.3, -0.25) is 4.18 Å². The summed E-state index contributed by atoms with van der Waals surface area (Å²) in [5.74, 6) is 0. The number of anilines is 1. The SMILES string of the molecule is CCOS(=O)(=O)c1cccc(N)c1. The van der Waals surface area contributed by atoms with Crippen LogP contribution in [-0.2, 0) is 14.3 Å². The quantitative estimate of drug-likeness (QED) is 0.585. The smallest absolute Gasteiger partial charge is 0.297 e. The van der Waals surface area contributed by atoms with Crippen molar-refractivity contribution in [2.75, 3.05) is 12.3 Å². The predicted molar refractivity (Wildman–Crippen MR) is 49.7 cm³/mol. The summed E-state index contributed by atoms with van der Waals surface area (Å²) in [6.07, 6.45) is 0. The first kappa shape index (κ1) is 10.0. The standard InChI is InChI=1S/C8H11NO3S/c1-2-12-13(10,11)8-5-3-4-7(9)6-8/h3-6H,2,9H2,1H3. The lowest BCUT2D eigenvalue weighted by molar-refractivity contribution is 0.338. The van der Waals surface area contributed by atoms with E-state index in [2.05, 4.69) is 4.18 Å². The average Bonchev–Trinajstić information content (AvgIpc) is 2.04. The highest BCUT2D eigenvalue weighted by Crippen LogP contribution is 2.14. The van der Waals surface area contributed by atoms with Gasteiger partial charge in [-0.15, -0.1) is 0 Å². The molecule has 72 valence electrons. The molecule has 0 aromatic heterocycles. The van der Waals surface area contributed by atoms with Crippen molar-refractivity contribution in [3.05, 3.63) is 24.3 Å². The molecule has 1 aromatic carbocycles. The molecule has 13 heavy (non-hydrogen) atoms. The van der Waals surface area contributed by atoms with E-state index in [1.807, 2.05) is 0 Å². The molecule has 0 saturated carbocycles. The van der Waals surface area contributed by atoms with Gasteiger partial charge in [0.1, 0.15) is 0 Å². The lowest BCUT2D eigenvalue weighted by Crippen LogP contribution is -2.06. The van der Waals surface area contributed by atoms with E-state index in [-0.39, 0.29) is 11.5 Å². The van der Waals surface area contributed by atoms with Crippen LogP contribution in [0.3, 0.4) is 0 Å². The van der Waals surface area contributed by atoms with Crippen LogP contribution in [0.1, 0.15) is 6.92 Å². The highest BCUT2D eigenvalue weighted by molar-refractivity contribution is 7.86. The number of rotatable bonds is 3. The molecule has 0 amide bonds. The summed E-state index contributed by atoms with van der Waals surface area (Å²) in [4.78, 5) is 0.0920. The first-order valence-corrected chi connectivity index (χ1v) is 5.22. The molecule has 0 atom stereocenters. The normalized spacial score (nSPS) is 11.5. The van der Waals surface area contributed by atoms with Gasteiger partial charge in [0, 0.05) is 5.69 Å². The van der Waals surface area contributed by atoms with Crippen LogP contribution in [0.4, 0.5) is 5.69 Å². The second-order valence-electron chi connectivity index (χ2n) is 2.43. The number of hydrogen-bond donors (Lipinski definition) is 1. The molecule has 0 radical (unpaired) electrons. The molecule has 5 heteroatoms. The van der Waals surface area contributed by atoms with Crippen LogP contribution < -0.4 is 5.73 Å². The Morgan fingerprint density at radius 1 is 1.46 bits per heavy atom. The second kappa shape index (κ2) is 3.76. The van der Waals surface area contributed by atoms with Crippen molar-refractivity contribution in [2.45, 2.75) is 11.8 Å². The Labute approximate surface area is 77.4 Å². The zero-order chi connectivity index (χ0) is 9.90.